The zero-order chi connectivity index (χ0) is 20.1. The second-order valence-corrected chi connectivity index (χ2v) is 8.01. The van der Waals surface area contributed by atoms with E-state index in [2.05, 4.69) is 25.8 Å². The fourth-order valence-corrected chi connectivity index (χ4v) is 3.96. The molecule has 0 aliphatic heterocycles. The quantitative estimate of drug-likeness (QED) is 0.538. The number of thioether (sulfide) groups is 1. The van der Waals surface area contributed by atoms with Gasteiger partial charge in [0, 0.05) is 11.9 Å². The standard InChI is InChI=1S/C17H20N6O3S2/c1-4-23-13(8-18-15(25)12-6-5-7-26-12)21-22-17(23)28-11(3)14(24)20-16-19-10(2)9-27-16/h5-7,9,11H,4,8H2,1-3H3,(H,18,25)(H,19,20,24). The van der Waals surface area contributed by atoms with Crippen molar-refractivity contribution in [3.05, 3.63) is 41.1 Å². The number of aromatic nitrogens is 4. The van der Waals surface area contributed by atoms with Crippen molar-refractivity contribution in [1.29, 1.82) is 0 Å². The van der Waals surface area contributed by atoms with Crippen LogP contribution in [0.5, 0.6) is 0 Å². The summed E-state index contributed by atoms with van der Waals surface area (Å²) in [5, 5.41) is 16.6. The number of carbonyl (C=O) groups is 2. The van der Waals surface area contributed by atoms with Crippen LogP contribution in [0, 0.1) is 6.92 Å². The summed E-state index contributed by atoms with van der Waals surface area (Å²) in [6.45, 7) is 6.45. The molecule has 1 unspecified atom stereocenters. The molecule has 0 bridgehead atoms. The lowest BCUT2D eigenvalue weighted by molar-refractivity contribution is -0.115. The lowest BCUT2D eigenvalue weighted by atomic mass is 10.4. The van der Waals surface area contributed by atoms with Crippen molar-refractivity contribution in [2.75, 3.05) is 5.32 Å². The number of anilines is 1. The Morgan fingerprint density at radius 2 is 2.21 bits per heavy atom. The number of rotatable bonds is 8. The molecule has 148 valence electrons. The monoisotopic (exact) mass is 420 g/mol. The lowest BCUT2D eigenvalue weighted by Gasteiger charge is -2.11. The maximum atomic E-state index is 12.4. The molecular weight excluding hydrogens is 400 g/mol. The lowest BCUT2D eigenvalue weighted by Crippen LogP contribution is -2.25. The molecule has 0 saturated carbocycles. The second kappa shape index (κ2) is 9.02. The first kappa shape index (κ1) is 20.1. The van der Waals surface area contributed by atoms with Gasteiger partial charge in [-0.1, -0.05) is 11.8 Å². The van der Waals surface area contributed by atoms with Gasteiger partial charge in [-0.3, -0.25) is 9.59 Å². The summed E-state index contributed by atoms with van der Waals surface area (Å²) in [6, 6.07) is 3.24. The highest BCUT2D eigenvalue weighted by Crippen LogP contribution is 2.24. The molecule has 0 fully saturated rings. The summed E-state index contributed by atoms with van der Waals surface area (Å²) in [5.74, 6) is 0.363. The first-order valence-corrected chi connectivity index (χ1v) is 10.4. The summed E-state index contributed by atoms with van der Waals surface area (Å²) < 4.78 is 6.93. The van der Waals surface area contributed by atoms with E-state index in [1.165, 1.54) is 29.4 Å². The molecule has 3 rings (SSSR count). The molecule has 2 amide bonds. The largest absolute Gasteiger partial charge is 0.459 e. The Kier molecular flexibility index (Phi) is 6.47. The number of hydrogen-bond acceptors (Lipinski definition) is 8. The number of carbonyl (C=O) groups excluding carboxylic acids is 2. The Morgan fingerprint density at radius 1 is 1.39 bits per heavy atom. The van der Waals surface area contributed by atoms with Crippen LogP contribution in [0.4, 0.5) is 5.13 Å². The molecule has 28 heavy (non-hydrogen) atoms. The molecule has 3 heterocycles. The Morgan fingerprint density at radius 3 is 2.86 bits per heavy atom. The number of thiazole rings is 1. The smallest absolute Gasteiger partial charge is 0.287 e. The maximum Gasteiger partial charge on any atom is 0.287 e. The fourth-order valence-electron chi connectivity index (χ4n) is 2.34. The van der Waals surface area contributed by atoms with Crippen LogP contribution in [0.2, 0.25) is 0 Å². The molecule has 0 aromatic carbocycles. The van der Waals surface area contributed by atoms with E-state index in [9.17, 15) is 9.59 Å². The van der Waals surface area contributed by atoms with Crippen molar-refractivity contribution >= 4 is 40.0 Å². The van der Waals surface area contributed by atoms with Gasteiger partial charge in [0.05, 0.1) is 23.8 Å². The van der Waals surface area contributed by atoms with Gasteiger partial charge in [-0.05, 0) is 32.9 Å². The Bertz CT molecular complexity index is 950. The predicted octanol–water partition coefficient (Wildman–Crippen LogP) is 2.71. The molecule has 0 aliphatic rings. The zero-order valence-electron chi connectivity index (χ0n) is 15.6. The van der Waals surface area contributed by atoms with Crippen molar-refractivity contribution in [2.24, 2.45) is 0 Å². The number of nitrogens with one attached hydrogen (secondary N) is 2. The van der Waals surface area contributed by atoms with Gasteiger partial charge in [0.15, 0.2) is 21.9 Å². The summed E-state index contributed by atoms with van der Waals surface area (Å²) >= 11 is 2.69. The molecule has 0 aliphatic carbocycles. The van der Waals surface area contributed by atoms with Gasteiger partial charge in [-0.15, -0.1) is 21.5 Å². The van der Waals surface area contributed by atoms with Crippen LogP contribution < -0.4 is 10.6 Å². The summed E-state index contributed by atoms with van der Waals surface area (Å²) in [4.78, 5) is 28.6. The molecule has 9 nitrogen and oxygen atoms in total. The van der Waals surface area contributed by atoms with Gasteiger partial charge in [0.25, 0.3) is 5.91 Å². The number of hydrogen-bond donors (Lipinski definition) is 2. The van der Waals surface area contributed by atoms with Crippen molar-refractivity contribution in [2.45, 2.75) is 44.3 Å². The topological polar surface area (TPSA) is 115 Å². The van der Waals surface area contributed by atoms with Crippen LogP contribution in [-0.4, -0.2) is 36.8 Å². The predicted molar refractivity (Wildman–Crippen MR) is 106 cm³/mol. The molecule has 1 atom stereocenters. The van der Waals surface area contributed by atoms with Crippen molar-refractivity contribution in [3.8, 4) is 0 Å². The Hall–Kier alpha value is -2.66. The molecule has 0 spiro atoms. The minimum Gasteiger partial charge on any atom is -0.459 e. The summed E-state index contributed by atoms with van der Waals surface area (Å²) in [7, 11) is 0. The van der Waals surface area contributed by atoms with Crippen LogP contribution in [0.3, 0.4) is 0 Å². The normalized spacial score (nSPS) is 12.0. The average Bonchev–Trinajstić information content (AvgIpc) is 3.41. The Labute approximate surface area is 169 Å². The van der Waals surface area contributed by atoms with Gasteiger partial charge in [0.1, 0.15) is 0 Å². The van der Waals surface area contributed by atoms with Crippen LogP contribution in [-0.2, 0) is 17.9 Å². The third-order valence-corrected chi connectivity index (χ3v) is 5.72. The van der Waals surface area contributed by atoms with Crippen molar-refractivity contribution in [3.63, 3.8) is 0 Å². The number of furan rings is 1. The van der Waals surface area contributed by atoms with Crippen molar-refractivity contribution in [1.82, 2.24) is 25.1 Å². The van der Waals surface area contributed by atoms with E-state index in [-0.39, 0.29) is 29.4 Å². The number of amides is 2. The van der Waals surface area contributed by atoms with Gasteiger partial charge < -0.3 is 19.6 Å². The summed E-state index contributed by atoms with van der Waals surface area (Å²) in [5.41, 5.74) is 0.868. The minimum atomic E-state index is -0.385. The van der Waals surface area contributed by atoms with Gasteiger partial charge >= 0.3 is 0 Å². The minimum absolute atomic E-state index is 0.155. The molecule has 11 heteroatoms. The van der Waals surface area contributed by atoms with E-state index in [1.54, 1.807) is 19.1 Å². The zero-order valence-corrected chi connectivity index (χ0v) is 17.3. The van der Waals surface area contributed by atoms with Gasteiger partial charge in [0.2, 0.25) is 5.91 Å². The molecule has 0 saturated heterocycles. The van der Waals surface area contributed by atoms with E-state index in [4.69, 9.17) is 4.42 Å². The number of aryl methyl sites for hydroxylation is 1. The van der Waals surface area contributed by atoms with E-state index in [0.29, 0.717) is 22.7 Å². The number of nitrogens with zero attached hydrogens (tertiary/aromatic N) is 4. The maximum absolute atomic E-state index is 12.4. The van der Waals surface area contributed by atoms with Crippen LogP contribution >= 0.6 is 23.1 Å². The van der Waals surface area contributed by atoms with Gasteiger partial charge in [-0.25, -0.2) is 4.98 Å². The van der Waals surface area contributed by atoms with Crippen molar-refractivity contribution < 1.29 is 14.0 Å². The third-order valence-electron chi connectivity index (χ3n) is 3.76. The van der Waals surface area contributed by atoms with Crippen LogP contribution in [0.15, 0.2) is 33.3 Å². The first-order valence-electron chi connectivity index (χ1n) is 8.61. The summed E-state index contributed by atoms with van der Waals surface area (Å²) in [6.07, 6.45) is 1.44. The van der Waals surface area contributed by atoms with Crippen LogP contribution in [0.25, 0.3) is 0 Å². The van der Waals surface area contributed by atoms with E-state index in [0.717, 1.165) is 5.69 Å². The third kappa shape index (κ3) is 4.78. The second-order valence-electron chi connectivity index (χ2n) is 5.85. The fraction of sp³-hybridized carbons (Fsp3) is 0.353. The highest BCUT2D eigenvalue weighted by molar-refractivity contribution is 8.00. The molecule has 3 aromatic rings. The van der Waals surface area contributed by atoms with E-state index < -0.39 is 0 Å². The SMILES string of the molecule is CCn1c(CNC(=O)c2ccco2)nnc1SC(C)C(=O)Nc1nc(C)cs1. The Balaban J connectivity index is 1.60. The van der Waals surface area contributed by atoms with E-state index >= 15 is 0 Å². The molecular formula is C17H20N6O3S2. The highest BCUT2D eigenvalue weighted by atomic mass is 32.2. The van der Waals surface area contributed by atoms with Crippen LogP contribution in [0.1, 0.15) is 35.9 Å². The average molecular weight is 421 g/mol. The molecule has 0 radical (unpaired) electrons. The molecule has 3 aromatic heterocycles. The molecule has 2 N–H and O–H groups in total. The van der Waals surface area contributed by atoms with E-state index in [1.807, 2.05) is 23.8 Å². The first-order chi connectivity index (χ1) is 13.5. The highest BCUT2D eigenvalue weighted by Gasteiger charge is 2.21. The van der Waals surface area contributed by atoms with Gasteiger partial charge in [-0.2, -0.15) is 0 Å².